The molecule has 1 aliphatic carbocycles. The predicted molar refractivity (Wildman–Crippen MR) is 104 cm³/mol. The van der Waals surface area contributed by atoms with E-state index in [9.17, 15) is 4.79 Å². The van der Waals surface area contributed by atoms with Crippen molar-refractivity contribution < 1.29 is 4.79 Å². The third kappa shape index (κ3) is 3.72. The molecule has 26 heavy (non-hydrogen) atoms. The van der Waals surface area contributed by atoms with Crippen LogP contribution in [0.25, 0.3) is 10.9 Å². The molecule has 1 aromatic carbocycles. The fraction of sp³-hybridized carbons (Fsp3) is 0.333. The summed E-state index contributed by atoms with van der Waals surface area (Å²) in [5, 5.41) is 7.70. The molecule has 5 heteroatoms. The number of hydrogen-bond donors (Lipinski definition) is 3. The normalized spacial score (nSPS) is 14.6. The number of amides is 1. The number of rotatable bonds is 6. The van der Waals surface area contributed by atoms with Gasteiger partial charge in [-0.2, -0.15) is 0 Å². The molecule has 1 fully saturated rings. The van der Waals surface area contributed by atoms with Crippen LogP contribution in [-0.4, -0.2) is 28.5 Å². The molecular formula is C21H24N4O. The number of nitrogens with zero attached hydrogens (tertiary/aromatic N) is 1. The van der Waals surface area contributed by atoms with E-state index >= 15 is 0 Å². The van der Waals surface area contributed by atoms with Crippen molar-refractivity contribution in [2.45, 2.75) is 38.1 Å². The van der Waals surface area contributed by atoms with E-state index in [1.54, 1.807) is 12.4 Å². The van der Waals surface area contributed by atoms with Crippen LogP contribution >= 0.6 is 0 Å². The van der Waals surface area contributed by atoms with Crippen LogP contribution in [0.4, 0.5) is 5.69 Å². The first kappa shape index (κ1) is 16.6. The quantitative estimate of drug-likeness (QED) is 0.633. The molecule has 2 heterocycles. The van der Waals surface area contributed by atoms with Crippen molar-refractivity contribution in [3.63, 3.8) is 0 Å². The van der Waals surface area contributed by atoms with Crippen molar-refractivity contribution in [3.05, 3.63) is 60.0 Å². The Morgan fingerprint density at radius 3 is 2.92 bits per heavy atom. The van der Waals surface area contributed by atoms with Gasteiger partial charge in [-0.15, -0.1) is 0 Å². The summed E-state index contributed by atoms with van der Waals surface area (Å²) in [6.07, 6.45) is 11.2. The van der Waals surface area contributed by atoms with Crippen molar-refractivity contribution in [3.8, 4) is 0 Å². The maximum absolute atomic E-state index is 12.4. The second-order valence-electron chi connectivity index (χ2n) is 6.95. The summed E-state index contributed by atoms with van der Waals surface area (Å²) in [5.41, 5.74) is 3.88. The minimum Gasteiger partial charge on any atom is -0.381 e. The molecule has 0 unspecified atom stereocenters. The van der Waals surface area contributed by atoms with Gasteiger partial charge < -0.3 is 15.6 Å². The average Bonchev–Trinajstić information content (AvgIpc) is 3.32. The van der Waals surface area contributed by atoms with Gasteiger partial charge in [0.05, 0.1) is 11.3 Å². The van der Waals surface area contributed by atoms with Crippen LogP contribution in [0, 0.1) is 0 Å². The number of carbonyl (C=O) groups is 1. The molecule has 0 atom stereocenters. The molecule has 3 aromatic rings. The van der Waals surface area contributed by atoms with E-state index in [0.29, 0.717) is 18.2 Å². The number of nitrogens with one attached hydrogen (secondary N) is 3. The van der Waals surface area contributed by atoms with Crippen LogP contribution < -0.4 is 10.6 Å². The number of hydrogen-bond acceptors (Lipinski definition) is 3. The number of anilines is 1. The number of H-pyrrole nitrogens is 1. The van der Waals surface area contributed by atoms with Gasteiger partial charge in [0.1, 0.15) is 0 Å². The second-order valence-corrected chi connectivity index (χ2v) is 6.95. The van der Waals surface area contributed by atoms with Crippen LogP contribution in [0.15, 0.2) is 48.9 Å². The highest BCUT2D eigenvalue weighted by Crippen LogP contribution is 2.22. The van der Waals surface area contributed by atoms with E-state index in [2.05, 4.69) is 32.7 Å². The van der Waals surface area contributed by atoms with Crippen molar-refractivity contribution in [2.75, 3.05) is 11.9 Å². The van der Waals surface area contributed by atoms with Gasteiger partial charge in [-0.05, 0) is 37.0 Å². The van der Waals surface area contributed by atoms with Gasteiger partial charge >= 0.3 is 0 Å². The van der Waals surface area contributed by atoms with Gasteiger partial charge in [0.25, 0.3) is 5.91 Å². The van der Waals surface area contributed by atoms with Crippen molar-refractivity contribution in [1.29, 1.82) is 0 Å². The van der Waals surface area contributed by atoms with E-state index in [0.717, 1.165) is 17.6 Å². The number of aromatic amines is 1. The SMILES string of the molecule is O=C(NCCc1c[nH]c2ccccc12)c1cncc(NC2CCCC2)c1. The highest BCUT2D eigenvalue weighted by atomic mass is 16.1. The molecule has 3 N–H and O–H groups in total. The first-order valence-corrected chi connectivity index (χ1v) is 9.34. The van der Waals surface area contributed by atoms with Crippen LogP contribution in [0.2, 0.25) is 0 Å². The van der Waals surface area contributed by atoms with Crippen molar-refractivity contribution >= 4 is 22.5 Å². The fourth-order valence-electron chi connectivity index (χ4n) is 3.70. The van der Waals surface area contributed by atoms with E-state index < -0.39 is 0 Å². The summed E-state index contributed by atoms with van der Waals surface area (Å²) in [5.74, 6) is -0.0765. The Morgan fingerprint density at radius 2 is 2.04 bits per heavy atom. The van der Waals surface area contributed by atoms with Crippen LogP contribution in [0.5, 0.6) is 0 Å². The van der Waals surface area contributed by atoms with E-state index in [1.807, 2.05) is 24.4 Å². The lowest BCUT2D eigenvalue weighted by Crippen LogP contribution is -2.26. The molecule has 0 saturated heterocycles. The predicted octanol–water partition coefficient (Wildman–Crippen LogP) is 3.89. The molecule has 0 bridgehead atoms. The van der Waals surface area contributed by atoms with Crippen LogP contribution in [0.1, 0.15) is 41.6 Å². The molecule has 4 rings (SSSR count). The van der Waals surface area contributed by atoms with Crippen LogP contribution in [0.3, 0.4) is 0 Å². The Morgan fingerprint density at radius 1 is 1.19 bits per heavy atom. The molecule has 2 aromatic heterocycles. The zero-order valence-electron chi connectivity index (χ0n) is 14.8. The molecule has 0 spiro atoms. The Kier molecular flexibility index (Phi) is 4.86. The molecule has 1 saturated carbocycles. The highest BCUT2D eigenvalue weighted by Gasteiger charge is 2.15. The first-order chi connectivity index (χ1) is 12.8. The minimum absolute atomic E-state index is 0.0765. The number of para-hydroxylation sites is 1. The minimum atomic E-state index is -0.0765. The zero-order valence-corrected chi connectivity index (χ0v) is 14.8. The Bertz CT molecular complexity index is 896. The number of fused-ring (bicyclic) bond motifs is 1. The van der Waals surface area contributed by atoms with E-state index in [4.69, 9.17) is 0 Å². The summed E-state index contributed by atoms with van der Waals surface area (Å²) in [6, 6.07) is 10.6. The topological polar surface area (TPSA) is 69.8 Å². The van der Waals surface area contributed by atoms with Gasteiger partial charge in [0.2, 0.25) is 0 Å². The number of pyridine rings is 1. The van der Waals surface area contributed by atoms with Gasteiger partial charge in [-0.25, -0.2) is 0 Å². The molecule has 1 amide bonds. The fourth-order valence-corrected chi connectivity index (χ4v) is 3.70. The molecule has 0 radical (unpaired) electrons. The summed E-state index contributed by atoms with van der Waals surface area (Å²) in [7, 11) is 0. The summed E-state index contributed by atoms with van der Waals surface area (Å²) < 4.78 is 0. The average molecular weight is 348 g/mol. The summed E-state index contributed by atoms with van der Waals surface area (Å²) >= 11 is 0. The van der Waals surface area contributed by atoms with Gasteiger partial charge in [-0.3, -0.25) is 9.78 Å². The third-order valence-electron chi connectivity index (χ3n) is 5.08. The monoisotopic (exact) mass is 348 g/mol. The van der Waals surface area contributed by atoms with E-state index in [1.165, 1.54) is 36.6 Å². The molecule has 1 aliphatic rings. The maximum Gasteiger partial charge on any atom is 0.252 e. The lowest BCUT2D eigenvalue weighted by atomic mass is 10.1. The molecular weight excluding hydrogens is 324 g/mol. The third-order valence-corrected chi connectivity index (χ3v) is 5.08. The Balaban J connectivity index is 1.34. The van der Waals surface area contributed by atoms with Gasteiger partial charge in [0, 0.05) is 42.1 Å². The Hall–Kier alpha value is -2.82. The molecule has 134 valence electrons. The van der Waals surface area contributed by atoms with Crippen molar-refractivity contribution in [2.24, 2.45) is 0 Å². The number of benzene rings is 1. The highest BCUT2D eigenvalue weighted by molar-refractivity contribution is 5.94. The molecule has 5 nitrogen and oxygen atoms in total. The lowest BCUT2D eigenvalue weighted by molar-refractivity contribution is 0.0954. The zero-order chi connectivity index (χ0) is 17.8. The number of aromatic nitrogens is 2. The summed E-state index contributed by atoms with van der Waals surface area (Å²) in [4.78, 5) is 19.9. The smallest absolute Gasteiger partial charge is 0.252 e. The first-order valence-electron chi connectivity index (χ1n) is 9.34. The van der Waals surface area contributed by atoms with Crippen LogP contribution in [-0.2, 0) is 6.42 Å². The standard InChI is InChI=1S/C21H24N4O/c26-21(16-11-18(14-22-12-16)25-17-5-1-2-6-17)23-10-9-15-13-24-20-8-4-3-7-19(15)20/h3-4,7-8,11-14,17,24-25H,1-2,5-6,9-10H2,(H,23,26). The van der Waals surface area contributed by atoms with Gasteiger partial charge in [0.15, 0.2) is 0 Å². The summed E-state index contributed by atoms with van der Waals surface area (Å²) in [6.45, 7) is 0.598. The molecule has 0 aliphatic heterocycles. The van der Waals surface area contributed by atoms with Gasteiger partial charge in [-0.1, -0.05) is 31.0 Å². The van der Waals surface area contributed by atoms with Crippen molar-refractivity contribution in [1.82, 2.24) is 15.3 Å². The van der Waals surface area contributed by atoms with E-state index in [-0.39, 0.29) is 5.91 Å². The second kappa shape index (κ2) is 7.60. The largest absolute Gasteiger partial charge is 0.381 e. The number of carbonyl (C=O) groups excluding carboxylic acids is 1. The Labute approximate surface area is 153 Å². The maximum atomic E-state index is 12.4. The lowest BCUT2D eigenvalue weighted by Gasteiger charge is -2.13.